The van der Waals surface area contributed by atoms with Gasteiger partial charge in [-0.25, -0.2) is 4.98 Å². The highest BCUT2D eigenvalue weighted by atomic mass is 19.4. The molecule has 1 amide bonds. The van der Waals surface area contributed by atoms with Crippen molar-refractivity contribution in [1.82, 2.24) is 9.88 Å². The number of hydrogen-bond acceptors (Lipinski definition) is 3. The molecule has 1 aromatic heterocycles. The minimum Gasteiger partial charge on any atom is -0.354 e. The van der Waals surface area contributed by atoms with E-state index in [0.29, 0.717) is 30.2 Å². The van der Waals surface area contributed by atoms with Gasteiger partial charge in [0.15, 0.2) is 0 Å². The fourth-order valence-corrected chi connectivity index (χ4v) is 2.55. The predicted octanol–water partition coefficient (Wildman–Crippen LogP) is 5.11. The van der Waals surface area contributed by atoms with E-state index in [9.17, 15) is 18.0 Å². The lowest BCUT2D eigenvalue weighted by atomic mass is 10.2. The van der Waals surface area contributed by atoms with E-state index in [0.717, 1.165) is 25.0 Å². The summed E-state index contributed by atoms with van der Waals surface area (Å²) in [6.45, 7) is 5.34. The van der Waals surface area contributed by atoms with Gasteiger partial charge in [0.25, 0.3) is 5.91 Å². The Hall–Kier alpha value is -2.57. The fraction of sp³-hybridized carbons (Fsp3) is 0.368. The Morgan fingerprint density at radius 1 is 1.08 bits per heavy atom. The van der Waals surface area contributed by atoms with Crippen molar-refractivity contribution >= 4 is 17.3 Å². The Kier molecular flexibility index (Phi) is 6.60. The van der Waals surface area contributed by atoms with E-state index in [1.807, 2.05) is 13.8 Å². The summed E-state index contributed by atoms with van der Waals surface area (Å²) in [7, 11) is 0. The summed E-state index contributed by atoms with van der Waals surface area (Å²) in [5.74, 6) is -0.140. The second-order valence-corrected chi connectivity index (χ2v) is 5.93. The highest BCUT2D eigenvalue weighted by molar-refractivity contribution is 5.92. The van der Waals surface area contributed by atoms with Gasteiger partial charge >= 0.3 is 6.18 Å². The summed E-state index contributed by atoms with van der Waals surface area (Å²) < 4.78 is 38.3. The molecule has 1 heterocycles. The molecule has 4 nitrogen and oxygen atoms in total. The Balaban J connectivity index is 2.11. The van der Waals surface area contributed by atoms with Crippen LogP contribution in [0, 0.1) is 0 Å². The molecule has 7 heteroatoms. The molecule has 0 saturated heterocycles. The first kappa shape index (κ1) is 19.8. The number of anilines is 2. The summed E-state index contributed by atoms with van der Waals surface area (Å²) in [6.07, 6.45) is -1.22. The van der Waals surface area contributed by atoms with Crippen molar-refractivity contribution in [1.29, 1.82) is 0 Å². The van der Waals surface area contributed by atoms with Crippen molar-refractivity contribution in [3.05, 3.63) is 53.9 Å². The predicted molar refractivity (Wildman–Crippen MR) is 95.4 cm³/mol. The number of nitrogens with zero attached hydrogens (tertiary/aromatic N) is 2. The van der Waals surface area contributed by atoms with Gasteiger partial charge in [-0.05, 0) is 43.2 Å². The molecule has 0 spiro atoms. The number of hydrogen-bond donors (Lipinski definition) is 1. The molecule has 0 bridgehead atoms. The van der Waals surface area contributed by atoms with Gasteiger partial charge in [0, 0.05) is 18.8 Å². The molecule has 0 atom stereocenters. The van der Waals surface area contributed by atoms with Crippen LogP contribution in [0.15, 0.2) is 42.6 Å². The molecule has 140 valence electrons. The molecular formula is C19H22F3N3O. The average Bonchev–Trinajstić information content (AvgIpc) is 2.61. The van der Waals surface area contributed by atoms with Crippen molar-refractivity contribution in [3.63, 3.8) is 0 Å². The zero-order valence-electron chi connectivity index (χ0n) is 14.8. The normalized spacial score (nSPS) is 11.3. The number of pyridine rings is 1. The number of benzene rings is 1. The molecule has 0 aliphatic heterocycles. The Labute approximate surface area is 151 Å². The van der Waals surface area contributed by atoms with Crippen molar-refractivity contribution in [2.75, 3.05) is 18.4 Å². The molecule has 2 aromatic rings. The Morgan fingerprint density at radius 2 is 1.77 bits per heavy atom. The highest BCUT2D eigenvalue weighted by Gasteiger charge is 2.30. The SMILES string of the molecule is CCCN(CCC)C(=O)c1ccc(Nc2cccc(C(F)(F)F)c2)cn1. The summed E-state index contributed by atoms with van der Waals surface area (Å²) >= 11 is 0. The average molecular weight is 365 g/mol. The number of carbonyl (C=O) groups excluding carboxylic acids is 1. The van der Waals surface area contributed by atoms with Crippen LogP contribution in [-0.4, -0.2) is 28.9 Å². The number of aromatic nitrogens is 1. The molecule has 0 fully saturated rings. The van der Waals surface area contributed by atoms with E-state index >= 15 is 0 Å². The van der Waals surface area contributed by atoms with Gasteiger partial charge in [0.05, 0.1) is 17.4 Å². The van der Waals surface area contributed by atoms with Crippen LogP contribution in [0.5, 0.6) is 0 Å². The van der Waals surface area contributed by atoms with Gasteiger partial charge in [0.2, 0.25) is 0 Å². The molecule has 0 radical (unpaired) electrons. The maximum Gasteiger partial charge on any atom is 0.416 e. The third-order valence-corrected chi connectivity index (χ3v) is 3.74. The van der Waals surface area contributed by atoms with Crippen molar-refractivity contribution in [3.8, 4) is 0 Å². The van der Waals surface area contributed by atoms with Crippen molar-refractivity contribution in [2.24, 2.45) is 0 Å². The summed E-state index contributed by atoms with van der Waals surface area (Å²) in [5, 5.41) is 2.87. The van der Waals surface area contributed by atoms with Crippen LogP contribution < -0.4 is 5.32 Å². The quantitative estimate of drug-likeness (QED) is 0.742. The third-order valence-electron chi connectivity index (χ3n) is 3.74. The number of rotatable bonds is 7. The first-order chi connectivity index (χ1) is 12.3. The molecule has 0 unspecified atom stereocenters. The molecule has 0 aliphatic carbocycles. The van der Waals surface area contributed by atoms with Crippen LogP contribution in [0.3, 0.4) is 0 Å². The number of nitrogens with one attached hydrogen (secondary N) is 1. The van der Waals surface area contributed by atoms with Crippen LogP contribution in [0.2, 0.25) is 0 Å². The van der Waals surface area contributed by atoms with Crippen LogP contribution in [0.4, 0.5) is 24.5 Å². The summed E-state index contributed by atoms with van der Waals surface area (Å²) in [6, 6.07) is 8.14. The first-order valence-corrected chi connectivity index (χ1v) is 8.54. The van der Waals surface area contributed by atoms with E-state index in [-0.39, 0.29) is 5.91 Å². The van der Waals surface area contributed by atoms with Crippen molar-refractivity contribution < 1.29 is 18.0 Å². The largest absolute Gasteiger partial charge is 0.416 e. The second kappa shape index (κ2) is 8.69. The summed E-state index contributed by atoms with van der Waals surface area (Å²) in [4.78, 5) is 18.4. The fourth-order valence-electron chi connectivity index (χ4n) is 2.55. The highest BCUT2D eigenvalue weighted by Crippen LogP contribution is 2.31. The Morgan fingerprint density at radius 3 is 2.31 bits per heavy atom. The molecule has 2 rings (SSSR count). The smallest absolute Gasteiger partial charge is 0.354 e. The summed E-state index contributed by atoms with van der Waals surface area (Å²) in [5.41, 5.74) is 0.413. The van der Waals surface area contributed by atoms with E-state index in [4.69, 9.17) is 0 Å². The van der Waals surface area contributed by atoms with Gasteiger partial charge in [-0.3, -0.25) is 4.79 Å². The Bertz CT molecular complexity index is 724. The lowest BCUT2D eigenvalue weighted by Gasteiger charge is -2.21. The van der Waals surface area contributed by atoms with Crippen LogP contribution in [-0.2, 0) is 6.18 Å². The lowest BCUT2D eigenvalue weighted by Crippen LogP contribution is -2.33. The molecule has 0 saturated carbocycles. The topological polar surface area (TPSA) is 45.2 Å². The van der Waals surface area contributed by atoms with Gasteiger partial charge in [-0.2, -0.15) is 13.2 Å². The van der Waals surface area contributed by atoms with E-state index < -0.39 is 11.7 Å². The van der Waals surface area contributed by atoms with Gasteiger partial charge in [-0.1, -0.05) is 19.9 Å². The molecule has 1 N–H and O–H groups in total. The number of amides is 1. The van der Waals surface area contributed by atoms with Gasteiger partial charge in [0.1, 0.15) is 5.69 Å². The standard InChI is InChI=1S/C19H22F3N3O/c1-3-10-25(11-4-2)18(26)17-9-8-16(13-23-17)24-15-7-5-6-14(12-15)19(20,21)22/h5-9,12-13,24H,3-4,10-11H2,1-2H3. The molecule has 0 aliphatic rings. The van der Waals surface area contributed by atoms with Crippen LogP contribution in [0.1, 0.15) is 42.7 Å². The van der Waals surface area contributed by atoms with Crippen molar-refractivity contribution in [2.45, 2.75) is 32.9 Å². The lowest BCUT2D eigenvalue weighted by molar-refractivity contribution is -0.137. The monoisotopic (exact) mass is 365 g/mol. The first-order valence-electron chi connectivity index (χ1n) is 8.54. The second-order valence-electron chi connectivity index (χ2n) is 5.93. The van der Waals surface area contributed by atoms with E-state index in [1.54, 1.807) is 23.1 Å². The van der Waals surface area contributed by atoms with Gasteiger partial charge < -0.3 is 10.2 Å². The number of carbonyl (C=O) groups is 1. The number of alkyl halides is 3. The molecular weight excluding hydrogens is 343 g/mol. The minimum atomic E-state index is -4.39. The zero-order valence-corrected chi connectivity index (χ0v) is 14.8. The molecule has 26 heavy (non-hydrogen) atoms. The molecule has 1 aromatic carbocycles. The third kappa shape index (κ3) is 5.21. The van der Waals surface area contributed by atoms with E-state index in [1.165, 1.54) is 12.3 Å². The van der Waals surface area contributed by atoms with E-state index in [2.05, 4.69) is 10.3 Å². The maximum absolute atomic E-state index is 12.8. The maximum atomic E-state index is 12.8. The minimum absolute atomic E-state index is 0.140. The van der Waals surface area contributed by atoms with Crippen LogP contribution in [0.25, 0.3) is 0 Å². The number of halogens is 3. The zero-order chi connectivity index (χ0) is 19.2. The van der Waals surface area contributed by atoms with Gasteiger partial charge in [-0.15, -0.1) is 0 Å². The van der Waals surface area contributed by atoms with Crippen LogP contribution >= 0.6 is 0 Å².